The van der Waals surface area contributed by atoms with Gasteiger partial charge in [0.05, 0.1) is 4.88 Å². The van der Waals surface area contributed by atoms with E-state index in [1.54, 1.807) is 11.3 Å². The zero-order valence-corrected chi connectivity index (χ0v) is 6.25. The van der Waals surface area contributed by atoms with Crippen LogP contribution in [0, 0.1) is 13.8 Å². The third-order valence-electron chi connectivity index (χ3n) is 1.43. The van der Waals surface area contributed by atoms with Gasteiger partial charge in [0.15, 0.2) is 5.69 Å². The standard InChI is InChI=1S/C6H10NS/c1-5-6(2)8-4-7(5)3/h4H,1-3H3/q+1. The molecular formula is C6H10NS+. The number of thiazole rings is 1. The predicted molar refractivity (Wildman–Crippen MR) is 35.0 cm³/mol. The number of hydrogen-bond donors (Lipinski definition) is 0. The summed E-state index contributed by atoms with van der Waals surface area (Å²) in [7, 11) is 2.07. The van der Waals surface area contributed by atoms with Crippen molar-refractivity contribution in [2.45, 2.75) is 13.8 Å². The van der Waals surface area contributed by atoms with Gasteiger partial charge in [0, 0.05) is 6.92 Å². The van der Waals surface area contributed by atoms with Crippen LogP contribution < -0.4 is 4.57 Å². The molecule has 0 unspecified atom stereocenters. The van der Waals surface area contributed by atoms with Crippen molar-refractivity contribution in [3.63, 3.8) is 0 Å². The summed E-state index contributed by atoms with van der Waals surface area (Å²) in [5.74, 6) is 0. The molecule has 0 aromatic carbocycles. The molecule has 2 heteroatoms. The largest absolute Gasteiger partial charge is 0.224 e. The van der Waals surface area contributed by atoms with Crippen molar-refractivity contribution < 1.29 is 4.57 Å². The van der Waals surface area contributed by atoms with Crippen LogP contribution in [0.4, 0.5) is 0 Å². The SMILES string of the molecule is Cc1sc[n+](C)c1C. The summed E-state index contributed by atoms with van der Waals surface area (Å²) in [6.45, 7) is 4.27. The molecule has 0 radical (unpaired) electrons. The van der Waals surface area contributed by atoms with Crippen molar-refractivity contribution in [2.75, 3.05) is 0 Å². The van der Waals surface area contributed by atoms with Crippen molar-refractivity contribution in [1.29, 1.82) is 0 Å². The maximum atomic E-state index is 2.14. The predicted octanol–water partition coefficient (Wildman–Crippen LogP) is 1.19. The molecule has 0 atom stereocenters. The molecule has 0 N–H and O–H groups in total. The maximum absolute atomic E-state index is 2.14. The summed E-state index contributed by atoms with van der Waals surface area (Å²) >= 11 is 1.79. The van der Waals surface area contributed by atoms with E-state index in [-0.39, 0.29) is 0 Å². The van der Waals surface area contributed by atoms with Gasteiger partial charge in [0.2, 0.25) is 5.51 Å². The number of aryl methyl sites for hydroxylation is 2. The van der Waals surface area contributed by atoms with Crippen molar-refractivity contribution in [3.8, 4) is 0 Å². The molecule has 1 rings (SSSR count). The summed E-state index contributed by atoms with van der Waals surface area (Å²) in [5, 5.41) is 0. The lowest BCUT2D eigenvalue weighted by molar-refractivity contribution is -0.672. The van der Waals surface area contributed by atoms with E-state index in [1.807, 2.05) is 0 Å². The van der Waals surface area contributed by atoms with Gasteiger partial charge in [-0.1, -0.05) is 11.3 Å². The van der Waals surface area contributed by atoms with Gasteiger partial charge in [-0.2, -0.15) is 4.57 Å². The van der Waals surface area contributed by atoms with Crippen LogP contribution >= 0.6 is 11.3 Å². The van der Waals surface area contributed by atoms with Gasteiger partial charge >= 0.3 is 0 Å². The first kappa shape index (κ1) is 5.76. The van der Waals surface area contributed by atoms with E-state index in [9.17, 15) is 0 Å². The molecule has 0 saturated heterocycles. The van der Waals surface area contributed by atoms with E-state index >= 15 is 0 Å². The van der Waals surface area contributed by atoms with Gasteiger partial charge in [0.1, 0.15) is 7.05 Å². The Hall–Kier alpha value is -0.370. The lowest BCUT2D eigenvalue weighted by atomic mass is 10.4. The average Bonchev–Trinajstić information content (AvgIpc) is 1.98. The highest BCUT2D eigenvalue weighted by Crippen LogP contribution is 2.05. The molecule has 0 aliphatic rings. The van der Waals surface area contributed by atoms with Crippen LogP contribution in [0.15, 0.2) is 5.51 Å². The first-order valence-electron chi connectivity index (χ1n) is 2.62. The highest BCUT2D eigenvalue weighted by Gasteiger charge is 2.04. The van der Waals surface area contributed by atoms with E-state index < -0.39 is 0 Å². The highest BCUT2D eigenvalue weighted by atomic mass is 32.1. The van der Waals surface area contributed by atoms with Crippen molar-refractivity contribution in [1.82, 2.24) is 0 Å². The molecule has 0 saturated carbocycles. The van der Waals surface area contributed by atoms with E-state index in [2.05, 4.69) is 31.0 Å². The Morgan fingerprint density at radius 3 is 2.25 bits per heavy atom. The molecule has 0 spiro atoms. The monoisotopic (exact) mass is 128 g/mol. The molecule has 44 valence electrons. The maximum Gasteiger partial charge on any atom is 0.224 e. The van der Waals surface area contributed by atoms with E-state index in [0.717, 1.165) is 0 Å². The minimum atomic E-state index is 1.37. The fourth-order valence-corrected chi connectivity index (χ4v) is 1.36. The summed E-state index contributed by atoms with van der Waals surface area (Å²) in [6.07, 6.45) is 0. The number of rotatable bonds is 0. The van der Waals surface area contributed by atoms with Gasteiger partial charge in [-0.3, -0.25) is 0 Å². The molecule has 0 amide bonds. The van der Waals surface area contributed by atoms with Gasteiger partial charge in [-0.05, 0) is 6.92 Å². The Bertz CT molecular complexity index is 171. The first-order valence-corrected chi connectivity index (χ1v) is 3.50. The van der Waals surface area contributed by atoms with Crippen molar-refractivity contribution >= 4 is 11.3 Å². The molecule has 1 aromatic rings. The normalized spacial score (nSPS) is 9.88. The summed E-state index contributed by atoms with van der Waals surface area (Å²) in [5.41, 5.74) is 3.49. The van der Waals surface area contributed by atoms with Crippen molar-refractivity contribution in [3.05, 3.63) is 16.1 Å². The number of nitrogens with zero attached hydrogens (tertiary/aromatic N) is 1. The topological polar surface area (TPSA) is 3.88 Å². The smallest absolute Gasteiger partial charge is 0.195 e. The fourth-order valence-electron chi connectivity index (χ4n) is 0.571. The second-order valence-electron chi connectivity index (χ2n) is 1.98. The summed E-state index contributed by atoms with van der Waals surface area (Å²) in [6, 6.07) is 0. The molecule has 1 nitrogen and oxygen atoms in total. The Labute approximate surface area is 53.6 Å². The molecule has 8 heavy (non-hydrogen) atoms. The van der Waals surface area contributed by atoms with Gasteiger partial charge in [0.25, 0.3) is 0 Å². The van der Waals surface area contributed by atoms with Crippen LogP contribution in [0.25, 0.3) is 0 Å². The Morgan fingerprint density at radius 2 is 2.12 bits per heavy atom. The van der Waals surface area contributed by atoms with E-state index in [4.69, 9.17) is 0 Å². The van der Waals surface area contributed by atoms with Crippen LogP contribution in [0.3, 0.4) is 0 Å². The second kappa shape index (κ2) is 1.86. The molecule has 1 heterocycles. The molecule has 0 aliphatic carbocycles. The van der Waals surface area contributed by atoms with E-state index in [0.29, 0.717) is 0 Å². The second-order valence-corrected chi connectivity index (χ2v) is 3.03. The van der Waals surface area contributed by atoms with Gasteiger partial charge in [-0.25, -0.2) is 0 Å². The number of hydrogen-bond acceptors (Lipinski definition) is 1. The zero-order valence-electron chi connectivity index (χ0n) is 5.43. The van der Waals surface area contributed by atoms with Crippen LogP contribution in [0.2, 0.25) is 0 Å². The van der Waals surface area contributed by atoms with Crippen LogP contribution in [-0.2, 0) is 7.05 Å². The number of aromatic nitrogens is 1. The molecule has 0 fully saturated rings. The third-order valence-corrected chi connectivity index (χ3v) is 2.50. The van der Waals surface area contributed by atoms with Crippen LogP contribution in [0.1, 0.15) is 10.6 Å². The first-order chi connectivity index (χ1) is 3.72. The van der Waals surface area contributed by atoms with Gasteiger partial charge in [-0.15, -0.1) is 0 Å². The molecule has 0 bridgehead atoms. The van der Waals surface area contributed by atoms with Crippen LogP contribution in [0.5, 0.6) is 0 Å². The summed E-state index contributed by atoms with van der Waals surface area (Å²) < 4.78 is 2.14. The third kappa shape index (κ3) is 0.757. The lowest BCUT2D eigenvalue weighted by Gasteiger charge is -1.79. The molecule has 1 aromatic heterocycles. The fraction of sp³-hybridized carbons (Fsp3) is 0.500. The quantitative estimate of drug-likeness (QED) is 0.462. The van der Waals surface area contributed by atoms with Crippen molar-refractivity contribution in [2.24, 2.45) is 7.05 Å². The lowest BCUT2D eigenvalue weighted by Crippen LogP contribution is -2.27. The highest BCUT2D eigenvalue weighted by molar-refractivity contribution is 7.09. The average molecular weight is 128 g/mol. The molecule has 0 aliphatic heterocycles. The Balaban J connectivity index is 3.19. The zero-order chi connectivity index (χ0) is 6.15. The van der Waals surface area contributed by atoms with Gasteiger partial charge < -0.3 is 0 Å². The summed E-state index contributed by atoms with van der Waals surface area (Å²) in [4.78, 5) is 1.41. The Kier molecular flexibility index (Phi) is 1.34. The Morgan fingerprint density at radius 1 is 1.50 bits per heavy atom. The minimum absolute atomic E-state index is 1.37. The minimum Gasteiger partial charge on any atom is -0.195 e. The van der Waals surface area contributed by atoms with Crippen LogP contribution in [-0.4, -0.2) is 0 Å². The van der Waals surface area contributed by atoms with E-state index in [1.165, 1.54) is 10.6 Å². The molecular weight excluding hydrogens is 118 g/mol.